The minimum Gasteiger partial charge on any atom is -0.338 e. The monoisotopic (exact) mass is 348 g/mol. The Labute approximate surface area is 142 Å². The van der Waals surface area contributed by atoms with Gasteiger partial charge < -0.3 is 10.2 Å². The summed E-state index contributed by atoms with van der Waals surface area (Å²) in [5.74, 6) is -1.02. The molecular weight excluding hydrogens is 331 g/mol. The van der Waals surface area contributed by atoms with Crippen molar-refractivity contribution in [3.63, 3.8) is 0 Å². The highest BCUT2D eigenvalue weighted by Crippen LogP contribution is 2.23. The lowest BCUT2D eigenvalue weighted by Crippen LogP contribution is -2.28. The quantitative estimate of drug-likeness (QED) is 0.899. The average molecular weight is 348 g/mol. The molecule has 1 unspecified atom stereocenters. The van der Waals surface area contributed by atoms with E-state index < -0.39 is 5.92 Å². The second-order valence-corrected chi connectivity index (χ2v) is 6.71. The van der Waals surface area contributed by atoms with E-state index in [1.807, 2.05) is 6.92 Å². The number of aryl methyl sites for hydroxylation is 1. The maximum Gasteiger partial charge on any atom is 0.231 e. The number of likely N-dealkylation sites (tertiary alicyclic amines) is 1. The van der Waals surface area contributed by atoms with E-state index in [1.54, 1.807) is 17.0 Å². The van der Waals surface area contributed by atoms with E-state index in [-0.39, 0.29) is 24.1 Å². The number of anilines is 1. The summed E-state index contributed by atoms with van der Waals surface area (Å²) in [6.45, 7) is 2.69. The van der Waals surface area contributed by atoms with Crippen LogP contribution in [0.3, 0.4) is 0 Å². The van der Waals surface area contributed by atoms with Gasteiger partial charge in [0.15, 0.2) is 0 Å². The first-order valence-electron chi connectivity index (χ1n) is 7.70. The number of amides is 2. The molecule has 1 aromatic carbocycles. The molecule has 0 aliphatic carbocycles. The van der Waals surface area contributed by atoms with Crippen molar-refractivity contribution >= 4 is 28.3 Å². The van der Waals surface area contributed by atoms with E-state index in [0.29, 0.717) is 18.2 Å². The van der Waals surface area contributed by atoms with Crippen molar-refractivity contribution in [3.8, 4) is 0 Å². The Kier molecular flexibility index (Phi) is 4.84. The maximum absolute atomic E-state index is 12.9. The fourth-order valence-electron chi connectivity index (χ4n) is 2.57. The molecule has 6 nitrogen and oxygen atoms in total. The zero-order chi connectivity index (χ0) is 17.1. The molecule has 1 aromatic heterocycles. The molecule has 1 saturated heterocycles. The van der Waals surface area contributed by atoms with Crippen LogP contribution in [0, 0.1) is 11.7 Å². The average Bonchev–Trinajstić information content (AvgIpc) is 3.16. The molecule has 0 saturated carbocycles. The predicted molar refractivity (Wildman–Crippen MR) is 87.8 cm³/mol. The molecule has 1 aliphatic rings. The third-order valence-electron chi connectivity index (χ3n) is 3.87. The number of benzene rings is 1. The molecule has 24 heavy (non-hydrogen) atoms. The molecule has 0 radical (unpaired) electrons. The van der Waals surface area contributed by atoms with Gasteiger partial charge in [0.05, 0.1) is 5.92 Å². The second-order valence-electron chi connectivity index (χ2n) is 5.65. The number of nitrogens with zero attached hydrogens (tertiary/aromatic N) is 3. The summed E-state index contributed by atoms with van der Waals surface area (Å²) < 4.78 is 12.9. The van der Waals surface area contributed by atoms with Crippen molar-refractivity contribution in [2.24, 2.45) is 5.92 Å². The Morgan fingerprint density at radius 1 is 1.38 bits per heavy atom. The largest absolute Gasteiger partial charge is 0.338 e. The standard InChI is InChI=1S/C16H17FN4O2S/c1-2-13-19-20-16(24-13)18-15(23)11-7-14(22)21(9-11)8-10-3-5-12(17)6-4-10/h3-6,11H,2,7-9H2,1H3,(H,18,20,23). The van der Waals surface area contributed by atoms with Gasteiger partial charge >= 0.3 is 0 Å². The molecule has 2 heterocycles. The first-order chi connectivity index (χ1) is 11.5. The number of rotatable bonds is 5. The van der Waals surface area contributed by atoms with Crippen LogP contribution in [0.5, 0.6) is 0 Å². The predicted octanol–water partition coefficient (Wildman–Crippen LogP) is 2.23. The Morgan fingerprint density at radius 2 is 2.12 bits per heavy atom. The molecule has 1 fully saturated rings. The number of halogens is 1. The molecule has 0 spiro atoms. The van der Waals surface area contributed by atoms with E-state index >= 15 is 0 Å². The summed E-state index contributed by atoms with van der Waals surface area (Å²) in [4.78, 5) is 26.0. The SMILES string of the molecule is CCc1nnc(NC(=O)C2CC(=O)N(Cc3ccc(F)cc3)C2)s1. The summed E-state index contributed by atoms with van der Waals surface area (Å²) in [5, 5.41) is 11.9. The Bertz CT molecular complexity index is 747. The highest BCUT2D eigenvalue weighted by atomic mass is 32.1. The van der Waals surface area contributed by atoms with Gasteiger partial charge in [0.25, 0.3) is 0 Å². The third-order valence-corrected chi connectivity index (χ3v) is 4.85. The van der Waals surface area contributed by atoms with Crippen LogP contribution in [-0.2, 0) is 22.6 Å². The molecule has 8 heteroatoms. The van der Waals surface area contributed by atoms with Crippen LogP contribution in [0.25, 0.3) is 0 Å². The van der Waals surface area contributed by atoms with Crippen molar-refractivity contribution in [1.29, 1.82) is 0 Å². The van der Waals surface area contributed by atoms with Gasteiger partial charge in [-0.1, -0.05) is 30.4 Å². The van der Waals surface area contributed by atoms with Gasteiger partial charge in [0, 0.05) is 19.5 Å². The lowest BCUT2D eigenvalue weighted by molar-refractivity contribution is -0.128. The molecule has 126 valence electrons. The Balaban J connectivity index is 1.59. The van der Waals surface area contributed by atoms with E-state index in [1.165, 1.54) is 23.5 Å². The Hall–Kier alpha value is -2.35. The minimum atomic E-state index is -0.410. The number of carbonyl (C=O) groups excluding carboxylic acids is 2. The van der Waals surface area contributed by atoms with Crippen LogP contribution in [0.15, 0.2) is 24.3 Å². The van der Waals surface area contributed by atoms with Gasteiger partial charge in [0.2, 0.25) is 16.9 Å². The normalized spacial score (nSPS) is 17.3. The van der Waals surface area contributed by atoms with Gasteiger partial charge in [-0.05, 0) is 24.1 Å². The molecule has 2 amide bonds. The van der Waals surface area contributed by atoms with Crippen LogP contribution in [0.1, 0.15) is 23.9 Å². The molecule has 3 rings (SSSR count). The van der Waals surface area contributed by atoms with Gasteiger partial charge in [-0.2, -0.15) is 0 Å². The van der Waals surface area contributed by atoms with Gasteiger partial charge in [-0.3, -0.25) is 9.59 Å². The molecule has 1 aliphatic heterocycles. The lowest BCUT2D eigenvalue weighted by atomic mass is 10.1. The molecular formula is C16H17FN4O2S. The first kappa shape index (κ1) is 16.5. The summed E-state index contributed by atoms with van der Waals surface area (Å²) >= 11 is 1.34. The summed E-state index contributed by atoms with van der Waals surface area (Å²) in [7, 11) is 0. The van der Waals surface area contributed by atoms with E-state index in [4.69, 9.17) is 0 Å². The highest BCUT2D eigenvalue weighted by molar-refractivity contribution is 7.15. The smallest absolute Gasteiger partial charge is 0.231 e. The van der Waals surface area contributed by atoms with Crippen molar-refractivity contribution in [2.45, 2.75) is 26.3 Å². The minimum absolute atomic E-state index is 0.0778. The summed E-state index contributed by atoms with van der Waals surface area (Å²) in [6, 6.07) is 6.01. The maximum atomic E-state index is 12.9. The molecule has 0 bridgehead atoms. The Morgan fingerprint density at radius 3 is 2.79 bits per heavy atom. The van der Waals surface area contributed by atoms with Gasteiger partial charge in [-0.15, -0.1) is 10.2 Å². The second kappa shape index (κ2) is 7.04. The number of aromatic nitrogens is 2. The number of nitrogens with one attached hydrogen (secondary N) is 1. The van der Waals surface area contributed by atoms with Crippen LogP contribution in [-0.4, -0.2) is 33.5 Å². The molecule has 2 aromatic rings. The van der Waals surface area contributed by atoms with Gasteiger partial charge in [0.1, 0.15) is 10.8 Å². The zero-order valence-electron chi connectivity index (χ0n) is 13.2. The van der Waals surface area contributed by atoms with Crippen molar-refractivity contribution in [3.05, 3.63) is 40.7 Å². The summed E-state index contributed by atoms with van der Waals surface area (Å²) in [6.07, 6.45) is 0.938. The lowest BCUT2D eigenvalue weighted by Gasteiger charge is -2.16. The highest BCUT2D eigenvalue weighted by Gasteiger charge is 2.34. The topological polar surface area (TPSA) is 75.2 Å². The van der Waals surface area contributed by atoms with Crippen molar-refractivity contribution in [2.75, 3.05) is 11.9 Å². The van der Waals surface area contributed by atoms with Crippen LogP contribution in [0.2, 0.25) is 0 Å². The van der Waals surface area contributed by atoms with Crippen molar-refractivity contribution < 1.29 is 14.0 Å². The van der Waals surface area contributed by atoms with Gasteiger partial charge in [-0.25, -0.2) is 4.39 Å². The molecule has 1 N–H and O–H groups in total. The van der Waals surface area contributed by atoms with Crippen LogP contribution >= 0.6 is 11.3 Å². The summed E-state index contributed by atoms with van der Waals surface area (Å²) in [5.41, 5.74) is 0.836. The third kappa shape index (κ3) is 3.76. The first-order valence-corrected chi connectivity index (χ1v) is 8.52. The fraction of sp³-hybridized carbons (Fsp3) is 0.375. The van der Waals surface area contributed by atoms with E-state index in [0.717, 1.165) is 17.0 Å². The molecule has 1 atom stereocenters. The van der Waals surface area contributed by atoms with Crippen molar-refractivity contribution in [1.82, 2.24) is 15.1 Å². The number of carbonyl (C=O) groups is 2. The van der Waals surface area contributed by atoms with Crippen LogP contribution in [0.4, 0.5) is 9.52 Å². The van der Waals surface area contributed by atoms with E-state index in [2.05, 4.69) is 15.5 Å². The number of hydrogen-bond donors (Lipinski definition) is 1. The number of hydrogen-bond acceptors (Lipinski definition) is 5. The fourth-order valence-corrected chi connectivity index (χ4v) is 3.25. The zero-order valence-corrected chi connectivity index (χ0v) is 14.0. The van der Waals surface area contributed by atoms with Crippen LogP contribution < -0.4 is 5.32 Å². The van der Waals surface area contributed by atoms with E-state index in [9.17, 15) is 14.0 Å².